The molecule has 1 aromatic carbocycles. The van der Waals surface area contributed by atoms with Gasteiger partial charge in [-0.3, -0.25) is 4.79 Å². The third kappa shape index (κ3) is 3.05. The number of nitrogens with zero attached hydrogens (tertiary/aromatic N) is 3. The molecule has 6 heteroatoms. The fourth-order valence-electron chi connectivity index (χ4n) is 3.17. The molecule has 1 N–H and O–H groups in total. The van der Waals surface area contributed by atoms with Crippen molar-refractivity contribution in [3.8, 4) is 0 Å². The highest BCUT2D eigenvalue weighted by Gasteiger charge is 2.18. The molecule has 124 valence electrons. The Hall–Kier alpha value is -2.60. The number of fused-ring (bicyclic) bond motifs is 1. The van der Waals surface area contributed by atoms with E-state index < -0.39 is 0 Å². The summed E-state index contributed by atoms with van der Waals surface area (Å²) < 4.78 is 9.21. The number of nitrogens with one attached hydrogen (secondary N) is 1. The Labute approximate surface area is 140 Å². The van der Waals surface area contributed by atoms with E-state index in [9.17, 15) is 4.79 Å². The zero-order chi connectivity index (χ0) is 16.4. The molecule has 6 nitrogen and oxygen atoms in total. The van der Waals surface area contributed by atoms with Gasteiger partial charge < -0.3 is 14.6 Å². The topological polar surface area (TPSA) is 61.1 Å². The SMILES string of the molecule is O=C(Cn1ccc2ccccc21)Nc1ccnn1CC1CCOC1. The first-order valence-electron chi connectivity index (χ1n) is 8.23. The van der Waals surface area contributed by atoms with Crippen LogP contribution in [0.25, 0.3) is 10.9 Å². The summed E-state index contributed by atoms with van der Waals surface area (Å²) in [5.74, 6) is 1.15. The fraction of sp³-hybridized carbons (Fsp3) is 0.333. The maximum Gasteiger partial charge on any atom is 0.245 e. The maximum atomic E-state index is 12.4. The zero-order valence-corrected chi connectivity index (χ0v) is 13.4. The second kappa shape index (κ2) is 6.49. The van der Waals surface area contributed by atoms with Crippen molar-refractivity contribution in [1.82, 2.24) is 14.3 Å². The minimum absolute atomic E-state index is 0.0548. The van der Waals surface area contributed by atoms with Crippen LogP contribution in [0.15, 0.2) is 48.8 Å². The molecule has 1 atom stereocenters. The molecule has 0 radical (unpaired) electrons. The van der Waals surface area contributed by atoms with E-state index >= 15 is 0 Å². The van der Waals surface area contributed by atoms with Crippen molar-refractivity contribution in [2.45, 2.75) is 19.5 Å². The molecular weight excluding hydrogens is 304 g/mol. The van der Waals surface area contributed by atoms with Gasteiger partial charge in [0.05, 0.1) is 12.8 Å². The highest BCUT2D eigenvalue weighted by atomic mass is 16.5. The molecule has 0 saturated carbocycles. The van der Waals surface area contributed by atoms with Crippen molar-refractivity contribution < 1.29 is 9.53 Å². The van der Waals surface area contributed by atoms with Crippen molar-refractivity contribution in [3.63, 3.8) is 0 Å². The minimum Gasteiger partial charge on any atom is -0.381 e. The number of benzene rings is 1. The van der Waals surface area contributed by atoms with Gasteiger partial charge in [-0.25, -0.2) is 4.68 Å². The number of rotatable bonds is 5. The van der Waals surface area contributed by atoms with Crippen LogP contribution < -0.4 is 5.32 Å². The Kier molecular flexibility index (Phi) is 4.04. The fourth-order valence-corrected chi connectivity index (χ4v) is 3.17. The van der Waals surface area contributed by atoms with Gasteiger partial charge in [-0.15, -0.1) is 0 Å². The molecule has 1 amide bonds. The molecule has 1 aliphatic heterocycles. The third-order valence-corrected chi connectivity index (χ3v) is 4.43. The summed E-state index contributed by atoms with van der Waals surface area (Å²) in [6.07, 6.45) is 4.70. The highest BCUT2D eigenvalue weighted by Crippen LogP contribution is 2.18. The molecule has 3 heterocycles. The average molecular weight is 324 g/mol. The van der Waals surface area contributed by atoms with Crippen LogP contribution in [0.5, 0.6) is 0 Å². The van der Waals surface area contributed by atoms with Crippen LogP contribution in [0.3, 0.4) is 0 Å². The van der Waals surface area contributed by atoms with Gasteiger partial charge in [0.15, 0.2) is 0 Å². The monoisotopic (exact) mass is 324 g/mol. The van der Waals surface area contributed by atoms with Gasteiger partial charge in [-0.05, 0) is 23.9 Å². The third-order valence-electron chi connectivity index (χ3n) is 4.43. The van der Waals surface area contributed by atoms with E-state index in [0.717, 1.165) is 42.9 Å². The van der Waals surface area contributed by atoms with Crippen LogP contribution in [0, 0.1) is 5.92 Å². The summed E-state index contributed by atoms with van der Waals surface area (Å²) in [6.45, 7) is 2.64. The standard InChI is InChI=1S/C18H20N4O2/c23-18(12-21-9-6-15-3-1-2-4-16(15)21)20-17-5-8-19-22(17)11-14-7-10-24-13-14/h1-6,8-9,14H,7,10-13H2,(H,20,23). The largest absolute Gasteiger partial charge is 0.381 e. The maximum absolute atomic E-state index is 12.4. The molecule has 0 bridgehead atoms. The molecule has 2 aromatic heterocycles. The van der Waals surface area contributed by atoms with E-state index in [-0.39, 0.29) is 12.5 Å². The Balaban J connectivity index is 1.44. The predicted octanol–water partition coefficient (Wildman–Crippen LogP) is 2.51. The number of amides is 1. The van der Waals surface area contributed by atoms with Crippen LogP contribution in [0.2, 0.25) is 0 Å². The molecule has 1 aliphatic rings. The number of carbonyl (C=O) groups excluding carboxylic acids is 1. The van der Waals surface area contributed by atoms with Gasteiger partial charge in [-0.1, -0.05) is 18.2 Å². The van der Waals surface area contributed by atoms with E-state index in [1.165, 1.54) is 0 Å². The van der Waals surface area contributed by atoms with Crippen LogP contribution in [0.4, 0.5) is 5.82 Å². The summed E-state index contributed by atoms with van der Waals surface area (Å²) in [5.41, 5.74) is 1.06. The molecule has 0 spiro atoms. The molecule has 0 aliphatic carbocycles. The lowest BCUT2D eigenvalue weighted by Gasteiger charge is -2.12. The highest BCUT2D eigenvalue weighted by molar-refractivity contribution is 5.91. The van der Waals surface area contributed by atoms with Gasteiger partial charge in [0.1, 0.15) is 12.4 Å². The van der Waals surface area contributed by atoms with Gasteiger partial charge in [0.2, 0.25) is 5.91 Å². The average Bonchev–Trinajstić information content (AvgIpc) is 3.31. The second-order valence-electron chi connectivity index (χ2n) is 6.18. The first kappa shape index (κ1) is 15.0. The number of anilines is 1. The Bertz CT molecular complexity index is 845. The number of hydrogen-bond acceptors (Lipinski definition) is 3. The first-order valence-corrected chi connectivity index (χ1v) is 8.23. The van der Waals surface area contributed by atoms with Crippen molar-refractivity contribution in [3.05, 3.63) is 48.8 Å². The minimum atomic E-state index is -0.0548. The number of ether oxygens (including phenoxy) is 1. The molecule has 1 unspecified atom stereocenters. The lowest BCUT2D eigenvalue weighted by atomic mass is 10.1. The summed E-state index contributed by atoms with van der Waals surface area (Å²) in [6, 6.07) is 11.9. The number of aromatic nitrogens is 3. The van der Waals surface area contributed by atoms with E-state index in [2.05, 4.69) is 10.4 Å². The lowest BCUT2D eigenvalue weighted by Crippen LogP contribution is -2.22. The summed E-state index contributed by atoms with van der Waals surface area (Å²) in [7, 11) is 0. The van der Waals surface area contributed by atoms with Crippen molar-refractivity contribution in [2.24, 2.45) is 5.92 Å². The van der Waals surface area contributed by atoms with Gasteiger partial charge in [0, 0.05) is 36.8 Å². The molecule has 4 rings (SSSR count). The quantitative estimate of drug-likeness (QED) is 0.784. The summed E-state index contributed by atoms with van der Waals surface area (Å²) in [5, 5.41) is 8.42. The number of hydrogen-bond donors (Lipinski definition) is 1. The predicted molar refractivity (Wildman–Crippen MR) is 91.7 cm³/mol. The number of carbonyl (C=O) groups is 1. The van der Waals surface area contributed by atoms with Gasteiger partial charge in [0.25, 0.3) is 0 Å². The Morgan fingerprint density at radius 3 is 3.08 bits per heavy atom. The molecule has 1 fully saturated rings. The van der Waals surface area contributed by atoms with Crippen LogP contribution in [0.1, 0.15) is 6.42 Å². The van der Waals surface area contributed by atoms with E-state index in [1.807, 2.05) is 51.8 Å². The molecule has 24 heavy (non-hydrogen) atoms. The van der Waals surface area contributed by atoms with Crippen molar-refractivity contribution in [1.29, 1.82) is 0 Å². The van der Waals surface area contributed by atoms with E-state index in [0.29, 0.717) is 5.92 Å². The Morgan fingerprint density at radius 1 is 1.29 bits per heavy atom. The van der Waals surface area contributed by atoms with Gasteiger partial charge in [-0.2, -0.15) is 5.10 Å². The molecule has 1 saturated heterocycles. The second-order valence-corrected chi connectivity index (χ2v) is 6.18. The van der Waals surface area contributed by atoms with E-state index in [4.69, 9.17) is 4.74 Å². The van der Waals surface area contributed by atoms with E-state index in [1.54, 1.807) is 6.20 Å². The van der Waals surface area contributed by atoms with Crippen LogP contribution in [-0.2, 0) is 22.6 Å². The normalized spacial score (nSPS) is 17.4. The van der Waals surface area contributed by atoms with Crippen molar-refractivity contribution >= 4 is 22.6 Å². The smallest absolute Gasteiger partial charge is 0.245 e. The van der Waals surface area contributed by atoms with Crippen LogP contribution >= 0.6 is 0 Å². The Morgan fingerprint density at radius 2 is 2.21 bits per heavy atom. The zero-order valence-electron chi connectivity index (χ0n) is 13.4. The molecular formula is C18H20N4O2. The van der Waals surface area contributed by atoms with Crippen LogP contribution in [-0.4, -0.2) is 33.5 Å². The first-order chi connectivity index (χ1) is 11.8. The number of para-hydroxylation sites is 1. The lowest BCUT2D eigenvalue weighted by molar-refractivity contribution is -0.116. The summed E-state index contributed by atoms with van der Waals surface area (Å²) >= 11 is 0. The molecule has 3 aromatic rings. The summed E-state index contributed by atoms with van der Waals surface area (Å²) in [4.78, 5) is 12.4. The van der Waals surface area contributed by atoms with Crippen molar-refractivity contribution in [2.75, 3.05) is 18.5 Å². The van der Waals surface area contributed by atoms with Gasteiger partial charge >= 0.3 is 0 Å².